The molecule has 0 aliphatic carbocycles. The molecule has 1 saturated heterocycles. The first-order valence-electron chi connectivity index (χ1n) is 13.4. The van der Waals surface area contributed by atoms with Crippen LogP contribution in [-0.2, 0) is 6.54 Å². The largest absolute Gasteiger partial charge is 0.495 e. The predicted molar refractivity (Wildman–Crippen MR) is 162 cm³/mol. The Hall–Kier alpha value is -4.07. The lowest BCUT2D eigenvalue weighted by Crippen LogP contribution is -2.46. The Bertz CT molecular complexity index is 1500. The minimum absolute atomic E-state index is 0.242. The summed E-state index contributed by atoms with van der Waals surface area (Å²) in [5, 5.41) is 4.90. The Labute approximate surface area is 240 Å². The number of hydrogen-bond acceptors (Lipinski definition) is 5. The van der Waals surface area contributed by atoms with E-state index in [1.54, 1.807) is 13.3 Å². The first-order chi connectivity index (χ1) is 19.4. The molecule has 1 N–H and O–H groups in total. The molecule has 0 radical (unpaired) electrons. The molecule has 0 atom stereocenters. The van der Waals surface area contributed by atoms with Crippen LogP contribution in [0.5, 0.6) is 5.75 Å². The number of aryl methyl sites for hydroxylation is 1. The SMILES string of the molecule is COc1ccccc1N1CCN(Cc2ccc(C(=O)N/N=C\c3cc(C)n(-c4ccccc4Cl)c3C)cc2)CC1. The molecule has 0 saturated carbocycles. The molecule has 2 heterocycles. The summed E-state index contributed by atoms with van der Waals surface area (Å²) in [7, 11) is 1.72. The van der Waals surface area contributed by atoms with Crippen LogP contribution in [0.3, 0.4) is 0 Å². The predicted octanol–water partition coefficient (Wildman–Crippen LogP) is 5.84. The molecule has 1 aliphatic rings. The lowest BCUT2D eigenvalue weighted by molar-refractivity contribution is 0.0955. The van der Waals surface area contributed by atoms with E-state index in [0.717, 1.165) is 66.8 Å². The van der Waals surface area contributed by atoms with Crippen molar-refractivity contribution in [2.24, 2.45) is 5.10 Å². The fourth-order valence-electron chi connectivity index (χ4n) is 5.20. The molecule has 0 spiro atoms. The number of hydrazone groups is 1. The van der Waals surface area contributed by atoms with Gasteiger partial charge in [0, 0.05) is 55.2 Å². The van der Waals surface area contributed by atoms with Crippen LogP contribution in [0.15, 0.2) is 84.0 Å². The Morgan fingerprint density at radius 2 is 1.62 bits per heavy atom. The summed E-state index contributed by atoms with van der Waals surface area (Å²) in [4.78, 5) is 17.5. The van der Waals surface area contributed by atoms with Crippen molar-refractivity contribution in [3.8, 4) is 11.4 Å². The Kier molecular flexibility index (Phi) is 8.53. The van der Waals surface area contributed by atoms with Crippen LogP contribution in [-0.4, -0.2) is 54.9 Å². The zero-order chi connectivity index (χ0) is 28.1. The van der Waals surface area contributed by atoms with Gasteiger partial charge in [-0.15, -0.1) is 0 Å². The standard InChI is InChI=1S/C32H34ClN5O2/c1-23-20-27(24(2)38(23)29-9-5-4-8-28(29)33)21-34-35-32(39)26-14-12-25(13-15-26)22-36-16-18-37(19-17-36)30-10-6-7-11-31(30)40-3/h4-15,20-21H,16-19,22H2,1-3H3,(H,35,39)/b34-21-. The van der Waals surface area contributed by atoms with Gasteiger partial charge in [0.25, 0.3) is 5.91 Å². The van der Waals surface area contributed by atoms with Gasteiger partial charge in [-0.1, -0.05) is 48.0 Å². The number of rotatable bonds is 8. The van der Waals surface area contributed by atoms with E-state index in [0.29, 0.717) is 10.6 Å². The number of piperazine rings is 1. The maximum Gasteiger partial charge on any atom is 0.271 e. The topological polar surface area (TPSA) is 62.1 Å². The quantitative estimate of drug-likeness (QED) is 0.219. The van der Waals surface area contributed by atoms with Gasteiger partial charge in [-0.3, -0.25) is 9.69 Å². The van der Waals surface area contributed by atoms with Gasteiger partial charge in [0.15, 0.2) is 0 Å². The fourth-order valence-corrected chi connectivity index (χ4v) is 5.42. The number of amides is 1. The van der Waals surface area contributed by atoms with Gasteiger partial charge in [-0.05, 0) is 61.9 Å². The van der Waals surface area contributed by atoms with E-state index in [-0.39, 0.29) is 5.91 Å². The summed E-state index contributed by atoms with van der Waals surface area (Å²) in [6.07, 6.45) is 1.67. The van der Waals surface area contributed by atoms with Crippen molar-refractivity contribution in [3.63, 3.8) is 0 Å². The van der Waals surface area contributed by atoms with Gasteiger partial charge in [0.05, 0.1) is 29.7 Å². The van der Waals surface area contributed by atoms with Crippen LogP contribution < -0.4 is 15.1 Å². The Morgan fingerprint density at radius 3 is 2.33 bits per heavy atom. The van der Waals surface area contributed by atoms with Crippen LogP contribution >= 0.6 is 11.6 Å². The van der Waals surface area contributed by atoms with Gasteiger partial charge in [-0.25, -0.2) is 5.43 Å². The van der Waals surface area contributed by atoms with E-state index >= 15 is 0 Å². The summed E-state index contributed by atoms with van der Waals surface area (Å²) in [5.41, 5.74) is 9.42. The molecule has 1 aromatic heterocycles. The van der Waals surface area contributed by atoms with Gasteiger partial charge in [0.2, 0.25) is 0 Å². The van der Waals surface area contributed by atoms with E-state index < -0.39 is 0 Å². The molecule has 3 aromatic carbocycles. The third kappa shape index (κ3) is 6.06. The van der Waals surface area contributed by atoms with Crippen molar-refractivity contribution in [1.82, 2.24) is 14.9 Å². The van der Waals surface area contributed by atoms with E-state index in [9.17, 15) is 4.79 Å². The Morgan fingerprint density at radius 1 is 0.950 bits per heavy atom. The van der Waals surface area contributed by atoms with Crippen molar-refractivity contribution in [2.45, 2.75) is 20.4 Å². The van der Waals surface area contributed by atoms with E-state index in [1.165, 1.54) is 5.56 Å². The number of methoxy groups -OCH3 is 1. The average molecular weight is 556 g/mol. The maximum absolute atomic E-state index is 12.7. The molecule has 0 bridgehead atoms. The third-order valence-electron chi connectivity index (χ3n) is 7.35. The van der Waals surface area contributed by atoms with Crippen LogP contribution in [0.2, 0.25) is 5.02 Å². The number of anilines is 1. The van der Waals surface area contributed by atoms with Gasteiger partial charge < -0.3 is 14.2 Å². The van der Waals surface area contributed by atoms with Gasteiger partial charge in [0.1, 0.15) is 5.75 Å². The second-order valence-electron chi connectivity index (χ2n) is 9.94. The summed E-state index contributed by atoms with van der Waals surface area (Å²) >= 11 is 6.41. The highest BCUT2D eigenvalue weighted by atomic mass is 35.5. The van der Waals surface area contributed by atoms with Crippen molar-refractivity contribution < 1.29 is 9.53 Å². The second kappa shape index (κ2) is 12.4. The minimum atomic E-state index is -0.242. The van der Waals surface area contributed by atoms with Crippen molar-refractivity contribution in [1.29, 1.82) is 0 Å². The molecule has 4 aromatic rings. The van der Waals surface area contributed by atoms with Crippen LogP contribution in [0.4, 0.5) is 5.69 Å². The highest BCUT2D eigenvalue weighted by Gasteiger charge is 2.20. The number of halogens is 1. The van der Waals surface area contributed by atoms with Crippen LogP contribution in [0.25, 0.3) is 5.69 Å². The molecule has 1 amide bonds. The lowest BCUT2D eigenvalue weighted by atomic mass is 10.1. The molecular weight excluding hydrogens is 522 g/mol. The van der Waals surface area contributed by atoms with E-state index in [1.807, 2.05) is 86.6 Å². The summed E-state index contributed by atoms with van der Waals surface area (Å²) in [5.74, 6) is 0.669. The molecule has 1 fully saturated rings. The molecular formula is C32H34ClN5O2. The number of nitrogens with zero attached hydrogens (tertiary/aromatic N) is 4. The number of benzene rings is 3. The van der Waals surface area contributed by atoms with Crippen molar-refractivity contribution in [2.75, 3.05) is 38.2 Å². The molecule has 5 rings (SSSR count). The normalized spacial score (nSPS) is 14.1. The second-order valence-corrected chi connectivity index (χ2v) is 10.4. The molecule has 40 heavy (non-hydrogen) atoms. The maximum atomic E-state index is 12.7. The number of ether oxygens (including phenoxy) is 1. The highest BCUT2D eigenvalue weighted by Crippen LogP contribution is 2.29. The number of nitrogens with one attached hydrogen (secondary N) is 1. The number of aromatic nitrogens is 1. The smallest absolute Gasteiger partial charge is 0.271 e. The number of carbonyl (C=O) groups is 1. The van der Waals surface area contributed by atoms with Gasteiger partial charge >= 0.3 is 0 Å². The number of para-hydroxylation sites is 3. The molecule has 206 valence electrons. The van der Waals surface area contributed by atoms with Crippen LogP contribution in [0.1, 0.15) is 32.9 Å². The number of hydrogen-bond donors (Lipinski definition) is 1. The van der Waals surface area contributed by atoms with Crippen molar-refractivity contribution in [3.05, 3.63) is 112 Å². The van der Waals surface area contributed by atoms with Crippen LogP contribution in [0, 0.1) is 13.8 Å². The van der Waals surface area contributed by atoms with Crippen molar-refractivity contribution >= 4 is 29.4 Å². The zero-order valence-corrected chi connectivity index (χ0v) is 23.9. The van der Waals surface area contributed by atoms with Gasteiger partial charge in [-0.2, -0.15) is 5.10 Å². The summed E-state index contributed by atoms with van der Waals surface area (Å²) < 4.78 is 7.61. The zero-order valence-electron chi connectivity index (χ0n) is 23.1. The van der Waals surface area contributed by atoms with E-state index in [2.05, 4.69) is 31.0 Å². The lowest BCUT2D eigenvalue weighted by Gasteiger charge is -2.36. The first kappa shape index (κ1) is 27.5. The molecule has 8 heteroatoms. The average Bonchev–Trinajstić information content (AvgIpc) is 3.26. The first-order valence-corrected chi connectivity index (χ1v) is 13.8. The Balaban J connectivity index is 1.14. The third-order valence-corrected chi connectivity index (χ3v) is 7.67. The highest BCUT2D eigenvalue weighted by molar-refractivity contribution is 6.32. The monoisotopic (exact) mass is 555 g/mol. The summed E-state index contributed by atoms with van der Waals surface area (Å²) in [6, 6.07) is 25.7. The molecule has 7 nitrogen and oxygen atoms in total. The minimum Gasteiger partial charge on any atom is -0.495 e. The van der Waals surface area contributed by atoms with E-state index in [4.69, 9.17) is 16.3 Å². The molecule has 1 aliphatic heterocycles. The molecule has 0 unspecified atom stereocenters. The summed E-state index contributed by atoms with van der Waals surface area (Å²) in [6.45, 7) is 8.70. The number of carbonyl (C=O) groups excluding carboxylic acids is 1. The fraction of sp³-hybridized carbons (Fsp3) is 0.250.